The summed E-state index contributed by atoms with van der Waals surface area (Å²) in [4.78, 5) is 0. The van der Waals surface area contributed by atoms with E-state index in [0.717, 1.165) is 6.61 Å². The Morgan fingerprint density at radius 3 is 2.12 bits per heavy atom. The van der Waals surface area contributed by atoms with E-state index in [0.29, 0.717) is 6.04 Å². The van der Waals surface area contributed by atoms with Crippen LogP contribution in [0.25, 0.3) is 0 Å². The van der Waals surface area contributed by atoms with Gasteiger partial charge in [-0.1, -0.05) is 45.4 Å². The summed E-state index contributed by atoms with van der Waals surface area (Å²) in [6.45, 7) is 9.51. The van der Waals surface area contributed by atoms with Gasteiger partial charge in [-0.25, -0.2) is 0 Å². The molecule has 0 aliphatic carbocycles. The Kier molecular flexibility index (Phi) is 9.85. The number of rotatable bonds is 11. The van der Waals surface area contributed by atoms with Crippen LogP contribution in [-0.2, 0) is 4.74 Å². The molecular formula is C15H33NO. The summed E-state index contributed by atoms with van der Waals surface area (Å²) < 4.78 is 5.82. The highest BCUT2D eigenvalue weighted by Crippen LogP contribution is 2.20. The zero-order valence-corrected chi connectivity index (χ0v) is 12.6. The van der Waals surface area contributed by atoms with Crippen LogP contribution in [0.15, 0.2) is 0 Å². The van der Waals surface area contributed by atoms with Crippen molar-refractivity contribution in [3.63, 3.8) is 0 Å². The fraction of sp³-hybridized carbons (Fsp3) is 1.00. The van der Waals surface area contributed by atoms with E-state index in [9.17, 15) is 0 Å². The minimum absolute atomic E-state index is 0.0487. The molecule has 17 heavy (non-hydrogen) atoms. The molecule has 0 aliphatic rings. The van der Waals surface area contributed by atoms with Gasteiger partial charge in [-0.2, -0.15) is 0 Å². The highest BCUT2D eigenvalue weighted by molar-refractivity contribution is 4.84. The van der Waals surface area contributed by atoms with Gasteiger partial charge in [0.05, 0.1) is 5.60 Å². The molecule has 1 atom stereocenters. The second kappa shape index (κ2) is 9.90. The minimum atomic E-state index is -0.0487. The number of ether oxygens (including phenoxy) is 1. The van der Waals surface area contributed by atoms with Crippen LogP contribution < -0.4 is 5.32 Å². The molecule has 0 aromatic rings. The zero-order chi connectivity index (χ0) is 13.1. The fourth-order valence-electron chi connectivity index (χ4n) is 2.44. The van der Waals surface area contributed by atoms with Gasteiger partial charge in [-0.3, -0.25) is 0 Å². The average Bonchev–Trinajstić information content (AvgIpc) is 2.27. The van der Waals surface area contributed by atoms with Gasteiger partial charge in [0.15, 0.2) is 0 Å². The van der Waals surface area contributed by atoms with Crippen LogP contribution in [0.5, 0.6) is 0 Å². The Morgan fingerprint density at radius 2 is 1.59 bits per heavy atom. The molecule has 2 heteroatoms. The number of hydrogen-bond donors (Lipinski definition) is 1. The molecule has 0 rings (SSSR count). The summed E-state index contributed by atoms with van der Waals surface area (Å²) in [6.07, 6.45) is 9.40. The highest BCUT2D eigenvalue weighted by atomic mass is 16.5. The lowest BCUT2D eigenvalue weighted by atomic mass is 9.93. The van der Waals surface area contributed by atoms with Crippen molar-refractivity contribution in [3.8, 4) is 0 Å². The fourth-order valence-corrected chi connectivity index (χ4v) is 2.44. The Labute approximate surface area is 109 Å². The summed E-state index contributed by atoms with van der Waals surface area (Å²) in [5, 5.41) is 3.40. The second-order valence-electron chi connectivity index (χ2n) is 5.43. The molecule has 0 aromatic carbocycles. The lowest BCUT2D eigenvalue weighted by Crippen LogP contribution is -2.47. The molecule has 0 heterocycles. The average molecular weight is 243 g/mol. The van der Waals surface area contributed by atoms with Gasteiger partial charge in [-0.15, -0.1) is 0 Å². The van der Waals surface area contributed by atoms with Gasteiger partial charge in [-0.05, 0) is 34.2 Å². The summed E-state index contributed by atoms with van der Waals surface area (Å²) in [7, 11) is 2.04. The summed E-state index contributed by atoms with van der Waals surface area (Å²) >= 11 is 0. The molecule has 0 saturated heterocycles. The normalized spacial score (nSPS) is 13.9. The van der Waals surface area contributed by atoms with Crippen molar-refractivity contribution in [2.45, 2.75) is 84.3 Å². The monoisotopic (exact) mass is 243 g/mol. The topological polar surface area (TPSA) is 21.3 Å². The molecule has 104 valence electrons. The smallest absolute Gasteiger partial charge is 0.0778 e. The van der Waals surface area contributed by atoms with Gasteiger partial charge >= 0.3 is 0 Å². The third-order valence-corrected chi connectivity index (χ3v) is 3.55. The predicted molar refractivity (Wildman–Crippen MR) is 76.5 cm³/mol. The molecular weight excluding hydrogens is 210 g/mol. The van der Waals surface area contributed by atoms with E-state index >= 15 is 0 Å². The molecule has 2 nitrogen and oxygen atoms in total. The number of likely N-dealkylation sites (N-methyl/N-ethyl adjacent to an activating group) is 1. The number of nitrogens with one attached hydrogen (secondary N) is 1. The number of unbranched alkanes of at least 4 members (excludes halogenated alkanes) is 5. The van der Waals surface area contributed by atoms with Gasteiger partial charge < -0.3 is 10.1 Å². The number of hydrogen-bond acceptors (Lipinski definition) is 2. The second-order valence-corrected chi connectivity index (χ2v) is 5.43. The molecule has 0 saturated carbocycles. The summed E-state index contributed by atoms with van der Waals surface area (Å²) in [5.74, 6) is 0. The molecule has 0 amide bonds. The first-order chi connectivity index (χ1) is 8.08. The molecule has 0 fully saturated rings. The van der Waals surface area contributed by atoms with Crippen molar-refractivity contribution in [2.24, 2.45) is 0 Å². The Hall–Kier alpha value is -0.0800. The molecule has 0 radical (unpaired) electrons. The molecule has 1 unspecified atom stereocenters. The Balaban J connectivity index is 3.74. The predicted octanol–water partition coefficient (Wildman–Crippen LogP) is 4.14. The molecule has 1 N–H and O–H groups in total. The van der Waals surface area contributed by atoms with E-state index in [-0.39, 0.29) is 5.60 Å². The highest BCUT2D eigenvalue weighted by Gasteiger charge is 2.27. The van der Waals surface area contributed by atoms with Gasteiger partial charge in [0, 0.05) is 12.6 Å². The quantitative estimate of drug-likeness (QED) is 0.551. The van der Waals surface area contributed by atoms with Gasteiger partial charge in [0.25, 0.3) is 0 Å². The molecule has 0 aliphatic heterocycles. The van der Waals surface area contributed by atoms with E-state index in [1.165, 1.54) is 44.9 Å². The van der Waals surface area contributed by atoms with Crippen LogP contribution in [0.3, 0.4) is 0 Å². The maximum atomic E-state index is 5.82. The van der Waals surface area contributed by atoms with Crippen molar-refractivity contribution in [1.29, 1.82) is 0 Å². The van der Waals surface area contributed by atoms with E-state index < -0.39 is 0 Å². The van der Waals surface area contributed by atoms with Gasteiger partial charge in [0.2, 0.25) is 0 Å². The van der Waals surface area contributed by atoms with Crippen molar-refractivity contribution in [1.82, 2.24) is 5.32 Å². The molecule has 0 bridgehead atoms. The van der Waals surface area contributed by atoms with Gasteiger partial charge in [0.1, 0.15) is 0 Å². The molecule has 0 aromatic heterocycles. The van der Waals surface area contributed by atoms with Crippen molar-refractivity contribution in [3.05, 3.63) is 0 Å². The summed E-state index contributed by atoms with van der Waals surface area (Å²) in [5.41, 5.74) is -0.0487. The third kappa shape index (κ3) is 7.77. The van der Waals surface area contributed by atoms with Crippen molar-refractivity contribution in [2.75, 3.05) is 13.7 Å². The largest absolute Gasteiger partial charge is 0.374 e. The standard InChI is InChI=1S/C15H33NO/c1-6-8-9-10-11-12-13-14(16-5)15(3,4)17-7-2/h14,16H,6-13H2,1-5H3. The Bertz CT molecular complexity index is 168. The summed E-state index contributed by atoms with van der Waals surface area (Å²) in [6, 6.07) is 0.466. The lowest BCUT2D eigenvalue weighted by Gasteiger charge is -2.34. The third-order valence-electron chi connectivity index (χ3n) is 3.55. The minimum Gasteiger partial charge on any atom is -0.374 e. The SMILES string of the molecule is CCCCCCCCC(NC)C(C)(C)OCC. The van der Waals surface area contributed by atoms with Crippen LogP contribution in [0.2, 0.25) is 0 Å². The first-order valence-corrected chi connectivity index (χ1v) is 7.39. The van der Waals surface area contributed by atoms with Crippen LogP contribution >= 0.6 is 0 Å². The van der Waals surface area contributed by atoms with E-state index in [1.54, 1.807) is 0 Å². The van der Waals surface area contributed by atoms with Crippen molar-refractivity contribution >= 4 is 0 Å². The lowest BCUT2D eigenvalue weighted by molar-refractivity contribution is -0.0388. The maximum absolute atomic E-state index is 5.82. The van der Waals surface area contributed by atoms with Crippen LogP contribution in [0.1, 0.15) is 72.6 Å². The first kappa shape index (κ1) is 16.9. The van der Waals surface area contributed by atoms with Crippen LogP contribution in [-0.4, -0.2) is 25.3 Å². The molecule has 0 spiro atoms. The first-order valence-electron chi connectivity index (χ1n) is 7.39. The zero-order valence-electron chi connectivity index (χ0n) is 12.6. The van der Waals surface area contributed by atoms with E-state index in [2.05, 4.69) is 33.0 Å². The van der Waals surface area contributed by atoms with E-state index in [4.69, 9.17) is 4.74 Å². The van der Waals surface area contributed by atoms with Crippen molar-refractivity contribution < 1.29 is 4.74 Å². The van der Waals surface area contributed by atoms with Crippen LogP contribution in [0, 0.1) is 0 Å². The Morgan fingerprint density at radius 1 is 1.00 bits per heavy atom. The van der Waals surface area contributed by atoms with E-state index in [1.807, 2.05) is 7.05 Å². The van der Waals surface area contributed by atoms with Crippen LogP contribution in [0.4, 0.5) is 0 Å². The maximum Gasteiger partial charge on any atom is 0.0778 e.